The SMILES string of the molecule is c1ccc(-c2nc(-n3c4ccccc4c4cc5c(cc43)sc3ccc4ccccc4c35)nc3ccccc23)cc1. The Morgan fingerprint density at radius 1 is 0.500 bits per heavy atom. The van der Waals surface area contributed by atoms with Crippen molar-refractivity contribution >= 4 is 75.0 Å². The smallest absolute Gasteiger partial charge is 0.235 e. The highest BCUT2D eigenvalue weighted by atomic mass is 32.1. The van der Waals surface area contributed by atoms with Crippen molar-refractivity contribution in [1.29, 1.82) is 0 Å². The molecule has 0 saturated heterocycles. The van der Waals surface area contributed by atoms with Crippen LogP contribution in [0.15, 0.2) is 127 Å². The number of fused-ring (bicyclic) bond motifs is 9. The van der Waals surface area contributed by atoms with Gasteiger partial charge in [0.1, 0.15) is 0 Å². The molecule has 3 aromatic heterocycles. The summed E-state index contributed by atoms with van der Waals surface area (Å²) in [6, 6.07) is 45.2. The van der Waals surface area contributed by atoms with E-state index in [1.54, 1.807) is 0 Å². The van der Waals surface area contributed by atoms with E-state index in [0.29, 0.717) is 5.95 Å². The molecule has 0 bridgehead atoms. The third-order valence-electron chi connectivity index (χ3n) is 7.99. The Hall–Kier alpha value is -5.06. The number of benzene rings is 6. The number of aromatic nitrogens is 3. The molecule has 40 heavy (non-hydrogen) atoms. The zero-order chi connectivity index (χ0) is 26.2. The summed E-state index contributed by atoms with van der Waals surface area (Å²) >= 11 is 1.85. The fourth-order valence-corrected chi connectivity index (χ4v) is 7.34. The van der Waals surface area contributed by atoms with Crippen molar-refractivity contribution in [3.63, 3.8) is 0 Å². The van der Waals surface area contributed by atoms with Gasteiger partial charge in [-0.05, 0) is 41.1 Å². The summed E-state index contributed by atoms with van der Waals surface area (Å²) in [5.74, 6) is 0.690. The zero-order valence-corrected chi connectivity index (χ0v) is 22.2. The molecule has 0 aliphatic carbocycles. The first kappa shape index (κ1) is 21.8. The molecule has 9 aromatic rings. The molecule has 0 atom stereocenters. The van der Waals surface area contributed by atoms with Gasteiger partial charge in [0.15, 0.2) is 0 Å². The molecule has 9 rings (SSSR count). The van der Waals surface area contributed by atoms with Gasteiger partial charge < -0.3 is 0 Å². The van der Waals surface area contributed by atoms with Crippen LogP contribution in [-0.2, 0) is 0 Å². The highest BCUT2D eigenvalue weighted by Crippen LogP contribution is 2.43. The van der Waals surface area contributed by atoms with Gasteiger partial charge in [0.2, 0.25) is 5.95 Å². The van der Waals surface area contributed by atoms with Crippen molar-refractivity contribution in [3.8, 4) is 17.2 Å². The summed E-state index contributed by atoms with van der Waals surface area (Å²) in [4.78, 5) is 10.4. The van der Waals surface area contributed by atoms with Crippen LogP contribution in [0.2, 0.25) is 0 Å². The van der Waals surface area contributed by atoms with Gasteiger partial charge in [0.05, 0.1) is 22.2 Å². The number of thiophene rings is 1. The molecule has 0 aliphatic heterocycles. The largest absolute Gasteiger partial charge is 0.278 e. The third kappa shape index (κ3) is 3.05. The van der Waals surface area contributed by atoms with Gasteiger partial charge in [0, 0.05) is 41.9 Å². The first-order chi connectivity index (χ1) is 19.8. The molecule has 0 spiro atoms. The quantitative estimate of drug-likeness (QED) is 0.224. The lowest BCUT2D eigenvalue weighted by Gasteiger charge is -2.11. The topological polar surface area (TPSA) is 30.7 Å². The lowest BCUT2D eigenvalue weighted by atomic mass is 10.0. The van der Waals surface area contributed by atoms with Gasteiger partial charge in [-0.3, -0.25) is 4.57 Å². The Labute approximate surface area is 233 Å². The molecular weight excluding hydrogens is 506 g/mol. The Balaban J connectivity index is 1.42. The van der Waals surface area contributed by atoms with Gasteiger partial charge in [-0.1, -0.05) is 97.1 Å². The van der Waals surface area contributed by atoms with Gasteiger partial charge in [-0.2, -0.15) is 0 Å². The lowest BCUT2D eigenvalue weighted by Crippen LogP contribution is -2.03. The summed E-state index contributed by atoms with van der Waals surface area (Å²) in [6.07, 6.45) is 0. The summed E-state index contributed by atoms with van der Waals surface area (Å²) in [6.45, 7) is 0. The molecule has 0 aliphatic rings. The molecule has 0 saturated carbocycles. The molecule has 0 radical (unpaired) electrons. The summed E-state index contributed by atoms with van der Waals surface area (Å²) < 4.78 is 4.82. The maximum Gasteiger partial charge on any atom is 0.235 e. The van der Waals surface area contributed by atoms with E-state index in [9.17, 15) is 0 Å². The number of hydrogen-bond donors (Lipinski definition) is 0. The van der Waals surface area contributed by atoms with Crippen molar-refractivity contribution in [2.24, 2.45) is 0 Å². The minimum absolute atomic E-state index is 0.690. The summed E-state index contributed by atoms with van der Waals surface area (Å²) in [5.41, 5.74) is 5.20. The second-order valence-corrected chi connectivity index (χ2v) is 11.3. The van der Waals surface area contributed by atoms with Crippen LogP contribution in [0.1, 0.15) is 0 Å². The summed E-state index contributed by atoms with van der Waals surface area (Å²) in [5, 5.41) is 8.69. The molecule has 3 heterocycles. The Morgan fingerprint density at radius 3 is 2.15 bits per heavy atom. The number of rotatable bonds is 2. The van der Waals surface area contributed by atoms with Gasteiger partial charge >= 0.3 is 0 Å². The van der Waals surface area contributed by atoms with E-state index in [4.69, 9.17) is 9.97 Å². The lowest BCUT2D eigenvalue weighted by molar-refractivity contribution is 1.01. The number of para-hydroxylation sites is 2. The number of hydrogen-bond acceptors (Lipinski definition) is 3. The Kier molecular flexibility index (Phi) is 4.48. The van der Waals surface area contributed by atoms with E-state index in [1.165, 1.54) is 41.7 Å². The van der Waals surface area contributed by atoms with Crippen LogP contribution >= 0.6 is 11.3 Å². The monoisotopic (exact) mass is 527 g/mol. The van der Waals surface area contributed by atoms with Crippen LogP contribution in [-0.4, -0.2) is 14.5 Å². The van der Waals surface area contributed by atoms with E-state index in [1.807, 2.05) is 23.5 Å². The van der Waals surface area contributed by atoms with Crippen LogP contribution in [0.25, 0.3) is 80.9 Å². The highest BCUT2D eigenvalue weighted by Gasteiger charge is 2.19. The van der Waals surface area contributed by atoms with Crippen molar-refractivity contribution in [2.75, 3.05) is 0 Å². The second-order valence-electron chi connectivity index (χ2n) is 10.2. The fourth-order valence-electron chi connectivity index (χ4n) is 6.20. The Bertz CT molecular complexity index is 2430. The average Bonchev–Trinajstić information content (AvgIpc) is 3.55. The molecule has 4 heteroatoms. The molecular formula is C36H21N3S. The molecule has 0 N–H and O–H groups in total. The van der Waals surface area contributed by atoms with E-state index >= 15 is 0 Å². The fraction of sp³-hybridized carbons (Fsp3) is 0. The predicted octanol–water partition coefficient (Wildman–Crippen LogP) is 9.91. The predicted molar refractivity (Wildman–Crippen MR) is 170 cm³/mol. The van der Waals surface area contributed by atoms with Gasteiger partial charge in [0.25, 0.3) is 0 Å². The molecule has 6 aromatic carbocycles. The van der Waals surface area contributed by atoms with Gasteiger partial charge in [-0.15, -0.1) is 11.3 Å². The molecule has 186 valence electrons. The number of nitrogens with zero attached hydrogens (tertiary/aromatic N) is 3. The van der Waals surface area contributed by atoms with Crippen molar-refractivity contribution < 1.29 is 0 Å². The van der Waals surface area contributed by atoms with E-state index < -0.39 is 0 Å². The minimum Gasteiger partial charge on any atom is -0.278 e. The minimum atomic E-state index is 0.690. The third-order valence-corrected chi connectivity index (χ3v) is 9.11. The van der Waals surface area contributed by atoms with Crippen LogP contribution < -0.4 is 0 Å². The molecule has 0 amide bonds. The van der Waals surface area contributed by atoms with Crippen LogP contribution in [0.3, 0.4) is 0 Å². The maximum absolute atomic E-state index is 5.23. The first-order valence-electron chi connectivity index (χ1n) is 13.4. The zero-order valence-electron chi connectivity index (χ0n) is 21.4. The molecule has 0 unspecified atom stereocenters. The van der Waals surface area contributed by atoms with Crippen LogP contribution in [0.4, 0.5) is 0 Å². The van der Waals surface area contributed by atoms with E-state index in [2.05, 4.69) is 120 Å². The van der Waals surface area contributed by atoms with Crippen molar-refractivity contribution in [3.05, 3.63) is 127 Å². The molecule has 0 fully saturated rings. The van der Waals surface area contributed by atoms with Crippen molar-refractivity contribution in [2.45, 2.75) is 0 Å². The molecule has 3 nitrogen and oxygen atoms in total. The van der Waals surface area contributed by atoms with Crippen molar-refractivity contribution in [1.82, 2.24) is 14.5 Å². The van der Waals surface area contributed by atoms with Crippen LogP contribution in [0.5, 0.6) is 0 Å². The Morgan fingerprint density at radius 2 is 1.25 bits per heavy atom. The van der Waals surface area contributed by atoms with E-state index in [-0.39, 0.29) is 0 Å². The highest BCUT2D eigenvalue weighted by molar-refractivity contribution is 7.26. The van der Waals surface area contributed by atoms with Crippen LogP contribution in [0, 0.1) is 0 Å². The normalized spacial score (nSPS) is 12.0. The van der Waals surface area contributed by atoms with Gasteiger partial charge in [-0.25, -0.2) is 9.97 Å². The second kappa shape index (κ2) is 8.22. The standard InChI is InChI=1S/C36H21N3S/c1-2-11-23(12-3-1)35-26-15-6-8-16-29(26)37-36(38-35)39-30-17-9-7-14-25(30)27-20-28-33(21-31(27)39)40-32-19-18-22-10-4-5-13-24(22)34(28)32/h1-21H. The maximum atomic E-state index is 5.23. The first-order valence-corrected chi connectivity index (χ1v) is 14.2. The summed E-state index contributed by atoms with van der Waals surface area (Å²) in [7, 11) is 0. The average molecular weight is 528 g/mol. The van der Waals surface area contributed by atoms with E-state index in [0.717, 1.165) is 33.2 Å².